The van der Waals surface area contributed by atoms with E-state index in [1.165, 1.54) is 0 Å². The van der Waals surface area contributed by atoms with Crippen molar-refractivity contribution in [1.29, 1.82) is 0 Å². The van der Waals surface area contributed by atoms with Gasteiger partial charge in [0, 0.05) is 11.9 Å². The standard InChI is InChI=1S/C16H13N5O/c22-15-14-11-9-18-21-12(11)6-7-13(14)19-16(20-15)17-8-10-4-2-1-3-5-10/h1-7,9H,8H2,(H,18,21)(H2,17,19,20,22). The molecule has 6 nitrogen and oxygen atoms in total. The maximum atomic E-state index is 12.3. The van der Waals surface area contributed by atoms with Crippen LogP contribution in [0, 0.1) is 0 Å². The Balaban J connectivity index is 1.74. The predicted octanol–water partition coefficient (Wildman–Crippen LogP) is 2.41. The number of fused-ring (bicyclic) bond motifs is 3. The van der Waals surface area contributed by atoms with E-state index in [9.17, 15) is 4.79 Å². The number of rotatable bonds is 3. The number of nitrogens with one attached hydrogen (secondary N) is 3. The minimum atomic E-state index is -0.174. The number of H-pyrrole nitrogens is 2. The van der Waals surface area contributed by atoms with Crippen LogP contribution in [0.3, 0.4) is 0 Å². The van der Waals surface area contributed by atoms with Gasteiger partial charge in [0.2, 0.25) is 5.95 Å². The molecule has 0 fully saturated rings. The highest BCUT2D eigenvalue weighted by Gasteiger charge is 2.09. The van der Waals surface area contributed by atoms with E-state index in [0.717, 1.165) is 16.5 Å². The third-order valence-corrected chi connectivity index (χ3v) is 3.60. The van der Waals surface area contributed by atoms with E-state index in [-0.39, 0.29) is 5.56 Å². The van der Waals surface area contributed by atoms with Gasteiger partial charge in [0.25, 0.3) is 5.56 Å². The second-order valence-electron chi connectivity index (χ2n) is 5.04. The van der Waals surface area contributed by atoms with Crippen LogP contribution in [-0.2, 0) is 6.54 Å². The summed E-state index contributed by atoms with van der Waals surface area (Å²) in [6.07, 6.45) is 1.64. The van der Waals surface area contributed by atoms with Gasteiger partial charge in [-0.05, 0) is 17.7 Å². The maximum absolute atomic E-state index is 12.3. The molecule has 2 aromatic heterocycles. The fourth-order valence-electron chi connectivity index (χ4n) is 2.52. The Hall–Kier alpha value is -3.15. The van der Waals surface area contributed by atoms with Crippen molar-refractivity contribution in [3.63, 3.8) is 0 Å². The first-order valence-corrected chi connectivity index (χ1v) is 6.95. The van der Waals surface area contributed by atoms with Crippen LogP contribution < -0.4 is 10.9 Å². The first-order chi connectivity index (χ1) is 10.8. The van der Waals surface area contributed by atoms with Crippen molar-refractivity contribution in [2.75, 3.05) is 5.32 Å². The number of nitrogens with zero attached hydrogens (tertiary/aromatic N) is 2. The SMILES string of the molecule is O=c1[nH]c(NCc2ccccc2)nc2ccc3[nH]ncc3c12. The molecule has 0 saturated carbocycles. The van der Waals surface area contributed by atoms with Gasteiger partial charge in [-0.1, -0.05) is 30.3 Å². The molecular weight excluding hydrogens is 278 g/mol. The Bertz CT molecular complexity index is 1000. The van der Waals surface area contributed by atoms with Gasteiger partial charge in [-0.2, -0.15) is 5.10 Å². The molecule has 6 heteroatoms. The lowest BCUT2D eigenvalue weighted by Gasteiger charge is -2.06. The van der Waals surface area contributed by atoms with Crippen molar-refractivity contribution in [3.8, 4) is 0 Å². The van der Waals surface area contributed by atoms with E-state index in [1.807, 2.05) is 42.5 Å². The Morgan fingerprint density at radius 1 is 1.09 bits per heavy atom. The summed E-state index contributed by atoms with van der Waals surface area (Å²) in [6.45, 7) is 0.600. The summed E-state index contributed by atoms with van der Waals surface area (Å²) in [5.41, 5.74) is 2.42. The monoisotopic (exact) mass is 291 g/mol. The molecule has 2 aromatic carbocycles. The van der Waals surface area contributed by atoms with Crippen LogP contribution in [0.25, 0.3) is 21.8 Å². The molecule has 0 bridgehead atoms. The van der Waals surface area contributed by atoms with Crippen LogP contribution >= 0.6 is 0 Å². The zero-order valence-electron chi connectivity index (χ0n) is 11.6. The number of aromatic amines is 2. The van der Waals surface area contributed by atoms with E-state index in [0.29, 0.717) is 23.4 Å². The van der Waals surface area contributed by atoms with Gasteiger partial charge in [0.15, 0.2) is 0 Å². The van der Waals surface area contributed by atoms with E-state index in [1.54, 1.807) is 6.20 Å². The van der Waals surface area contributed by atoms with Crippen molar-refractivity contribution in [1.82, 2.24) is 20.2 Å². The largest absolute Gasteiger partial charge is 0.352 e. The zero-order valence-corrected chi connectivity index (χ0v) is 11.6. The summed E-state index contributed by atoms with van der Waals surface area (Å²) in [5.74, 6) is 0.462. The Kier molecular flexibility index (Phi) is 2.86. The van der Waals surface area contributed by atoms with Crippen LogP contribution in [0.1, 0.15) is 5.56 Å². The first kappa shape index (κ1) is 12.6. The van der Waals surface area contributed by atoms with Crippen LogP contribution in [0.5, 0.6) is 0 Å². The second kappa shape index (κ2) is 5.00. The molecule has 0 amide bonds. The first-order valence-electron chi connectivity index (χ1n) is 6.95. The van der Waals surface area contributed by atoms with E-state index in [4.69, 9.17) is 0 Å². The smallest absolute Gasteiger partial charge is 0.260 e. The number of hydrogen-bond donors (Lipinski definition) is 3. The van der Waals surface area contributed by atoms with Crippen LogP contribution in [0.4, 0.5) is 5.95 Å². The molecule has 108 valence electrons. The maximum Gasteiger partial charge on any atom is 0.260 e. The Labute approximate surface area is 125 Å². The van der Waals surface area contributed by atoms with Gasteiger partial charge < -0.3 is 5.32 Å². The highest BCUT2D eigenvalue weighted by molar-refractivity contribution is 6.04. The molecule has 3 N–H and O–H groups in total. The molecule has 0 spiro atoms. The van der Waals surface area contributed by atoms with Gasteiger partial charge in [-0.25, -0.2) is 4.98 Å². The van der Waals surface area contributed by atoms with Crippen LogP contribution in [0.2, 0.25) is 0 Å². The number of benzene rings is 2. The normalized spacial score (nSPS) is 11.1. The summed E-state index contributed by atoms with van der Waals surface area (Å²) < 4.78 is 0. The molecule has 0 aliphatic carbocycles. The summed E-state index contributed by atoms with van der Waals surface area (Å²) >= 11 is 0. The lowest BCUT2D eigenvalue weighted by molar-refractivity contribution is 1.06. The van der Waals surface area contributed by atoms with Crippen molar-refractivity contribution in [2.24, 2.45) is 0 Å². The lowest BCUT2D eigenvalue weighted by atomic mass is 10.1. The average molecular weight is 291 g/mol. The molecule has 0 saturated heterocycles. The topological polar surface area (TPSA) is 86.5 Å². The number of anilines is 1. The molecule has 0 aliphatic heterocycles. The van der Waals surface area contributed by atoms with Gasteiger partial charge in [-0.3, -0.25) is 14.9 Å². The summed E-state index contributed by atoms with van der Waals surface area (Å²) in [7, 11) is 0. The van der Waals surface area contributed by atoms with Gasteiger partial charge in [0.05, 0.1) is 22.6 Å². The second-order valence-corrected chi connectivity index (χ2v) is 5.04. The van der Waals surface area contributed by atoms with Crippen molar-refractivity contribution < 1.29 is 0 Å². The zero-order chi connectivity index (χ0) is 14.9. The minimum absolute atomic E-state index is 0.174. The van der Waals surface area contributed by atoms with E-state index in [2.05, 4.69) is 25.5 Å². The van der Waals surface area contributed by atoms with Crippen molar-refractivity contribution in [3.05, 3.63) is 64.6 Å². The van der Waals surface area contributed by atoms with Gasteiger partial charge in [0.1, 0.15) is 0 Å². The summed E-state index contributed by atoms with van der Waals surface area (Å²) in [6, 6.07) is 13.6. The van der Waals surface area contributed by atoms with Crippen molar-refractivity contribution in [2.45, 2.75) is 6.54 Å². The molecule has 4 rings (SSSR count). The predicted molar refractivity (Wildman–Crippen MR) is 85.8 cm³/mol. The summed E-state index contributed by atoms with van der Waals surface area (Å²) in [5, 5.41) is 11.3. The molecule has 0 atom stereocenters. The van der Waals surface area contributed by atoms with Gasteiger partial charge >= 0.3 is 0 Å². The molecule has 0 aliphatic rings. The van der Waals surface area contributed by atoms with E-state index < -0.39 is 0 Å². The number of aromatic nitrogens is 4. The van der Waals surface area contributed by atoms with Crippen LogP contribution in [-0.4, -0.2) is 20.2 Å². The lowest BCUT2D eigenvalue weighted by Crippen LogP contribution is -2.13. The van der Waals surface area contributed by atoms with Crippen molar-refractivity contribution >= 4 is 27.8 Å². The third-order valence-electron chi connectivity index (χ3n) is 3.60. The van der Waals surface area contributed by atoms with Crippen LogP contribution in [0.15, 0.2) is 53.5 Å². The molecule has 4 aromatic rings. The molecule has 2 heterocycles. The molecule has 0 radical (unpaired) electrons. The fourth-order valence-corrected chi connectivity index (χ4v) is 2.52. The average Bonchev–Trinajstić information content (AvgIpc) is 3.02. The molecule has 22 heavy (non-hydrogen) atoms. The molecule has 0 unspecified atom stereocenters. The number of hydrogen-bond acceptors (Lipinski definition) is 4. The Morgan fingerprint density at radius 2 is 1.95 bits per heavy atom. The minimum Gasteiger partial charge on any atom is -0.352 e. The van der Waals surface area contributed by atoms with Gasteiger partial charge in [-0.15, -0.1) is 0 Å². The van der Waals surface area contributed by atoms with E-state index >= 15 is 0 Å². The quantitative estimate of drug-likeness (QED) is 0.541. The highest BCUT2D eigenvalue weighted by Crippen LogP contribution is 2.19. The fraction of sp³-hybridized carbons (Fsp3) is 0.0625. The highest BCUT2D eigenvalue weighted by atomic mass is 16.1. The third kappa shape index (κ3) is 2.10. The summed E-state index contributed by atoms with van der Waals surface area (Å²) in [4.78, 5) is 19.6. The Morgan fingerprint density at radius 3 is 2.82 bits per heavy atom. The molecular formula is C16H13N5O.